The number of hydrogen-bond acceptors (Lipinski definition) is 4. The fourth-order valence-electron chi connectivity index (χ4n) is 4.58. The third-order valence-electron chi connectivity index (χ3n) is 6.04. The SMILES string of the molecule is CCN1CCCC1CNCc1cc2ccccc2nc1N1CCCCC1. The molecule has 0 radical (unpaired) electrons. The Labute approximate surface area is 157 Å². The van der Waals surface area contributed by atoms with Crippen LogP contribution in [0.15, 0.2) is 30.3 Å². The van der Waals surface area contributed by atoms with E-state index in [0.717, 1.165) is 31.7 Å². The number of pyridine rings is 1. The van der Waals surface area contributed by atoms with Gasteiger partial charge in [-0.2, -0.15) is 0 Å². The molecule has 2 aliphatic heterocycles. The first-order valence-electron chi connectivity index (χ1n) is 10.4. The maximum Gasteiger partial charge on any atom is 0.133 e. The summed E-state index contributed by atoms with van der Waals surface area (Å²) < 4.78 is 0. The summed E-state index contributed by atoms with van der Waals surface area (Å²) in [5, 5.41) is 4.99. The van der Waals surface area contributed by atoms with Crippen molar-refractivity contribution in [2.24, 2.45) is 0 Å². The van der Waals surface area contributed by atoms with E-state index in [0.29, 0.717) is 6.04 Å². The van der Waals surface area contributed by atoms with E-state index in [1.807, 2.05) is 0 Å². The molecule has 0 bridgehead atoms. The second kappa shape index (κ2) is 8.36. The third kappa shape index (κ3) is 3.86. The molecule has 0 saturated carbocycles. The van der Waals surface area contributed by atoms with E-state index in [1.165, 1.54) is 62.0 Å². The number of anilines is 1. The van der Waals surface area contributed by atoms with E-state index in [4.69, 9.17) is 4.98 Å². The highest BCUT2D eigenvalue weighted by atomic mass is 15.2. The average Bonchev–Trinajstić information content (AvgIpc) is 3.15. The molecular weight excluding hydrogens is 320 g/mol. The summed E-state index contributed by atoms with van der Waals surface area (Å²) >= 11 is 0. The Morgan fingerprint density at radius 2 is 1.92 bits per heavy atom. The molecule has 3 heterocycles. The van der Waals surface area contributed by atoms with Gasteiger partial charge in [0.1, 0.15) is 5.82 Å². The van der Waals surface area contributed by atoms with E-state index in [2.05, 4.69) is 52.4 Å². The number of benzene rings is 1. The van der Waals surface area contributed by atoms with Crippen molar-refractivity contribution in [1.82, 2.24) is 15.2 Å². The summed E-state index contributed by atoms with van der Waals surface area (Å²) in [5.74, 6) is 1.20. The lowest BCUT2D eigenvalue weighted by atomic mass is 10.1. The fraction of sp³-hybridized carbons (Fsp3) is 0.591. The Balaban J connectivity index is 1.52. The van der Waals surface area contributed by atoms with Crippen molar-refractivity contribution in [2.45, 2.75) is 51.6 Å². The highest BCUT2D eigenvalue weighted by Crippen LogP contribution is 2.26. The van der Waals surface area contributed by atoms with Gasteiger partial charge in [-0.25, -0.2) is 4.98 Å². The van der Waals surface area contributed by atoms with Crippen LogP contribution in [-0.4, -0.2) is 48.6 Å². The van der Waals surface area contributed by atoms with Crippen LogP contribution in [0, 0.1) is 0 Å². The third-order valence-corrected chi connectivity index (χ3v) is 6.04. The number of nitrogens with one attached hydrogen (secondary N) is 1. The molecule has 1 aromatic heterocycles. The number of nitrogens with zero attached hydrogens (tertiary/aromatic N) is 3. The van der Waals surface area contributed by atoms with Crippen LogP contribution in [0.1, 0.15) is 44.6 Å². The molecule has 2 aliphatic rings. The van der Waals surface area contributed by atoms with Gasteiger partial charge in [-0.3, -0.25) is 4.90 Å². The van der Waals surface area contributed by atoms with Crippen molar-refractivity contribution in [1.29, 1.82) is 0 Å². The molecule has 2 fully saturated rings. The summed E-state index contributed by atoms with van der Waals surface area (Å²) in [5.41, 5.74) is 2.47. The number of aromatic nitrogens is 1. The van der Waals surface area contributed by atoms with Gasteiger partial charge < -0.3 is 10.2 Å². The highest BCUT2D eigenvalue weighted by Gasteiger charge is 2.23. The minimum Gasteiger partial charge on any atom is -0.356 e. The molecular formula is C22H32N4. The van der Waals surface area contributed by atoms with Crippen LogP contribution in [0.4, 0.5) is 5.82 Å². The molecule has 4 rings (SSSR count). The van der Waals surface area contributed by atoms with Crippen LogP contribution in [0.3, 0.4) is 0 Å². The minimum absolute atomic E-state index is 0.701. The zero-order valence-electron chi connectivity index (χ0n) is 16.1. The van der Waals surface area contributed by atoms with E-state index in [1.54, 1.807) is 0 Å². The van der Waals surface area contributed by atoms with Crippen LogP contribution < -0.4 is 10.2 Å². The molecule has 1 aromatic carbocycles. The van der Waals surface area contributed by atoms with Gasteiger partial charge in [0.2, 0.25) is 0 Å². The van der Waals surface area contributed by atoms with E-state index in [-0.39, 0.29) is 0 Å². The maximum atomic E-state index is 5.06. The monoisotopic (exact) mass is 352 g/mol. The second-order valence-electron chi connectivity index (χ2n) is 7.77. The van der Waals surface area contributed by atoms with Gasteiger partial charge in [-0.05, 0) is 57.3 Å². The summed E-state index contributed by atoms with van der Waals surface area (Å²) in [6.45, 7) is 9.00. The molecule has 140 valence electrons. The summed E-state index contributed by atoms with van der Waals surface area (Å²) in [6, 6.07) is 11.6. The number of para-hydroxylation sites is 1. The molecule has 4 heteroatoms. The van der Waals surface area contributed by atoms with E-state index in [9.17, 15) is 0 Å². The Morgan fingerprint density at radius 3 is 2.77 bits per heavy atom. The minimum atomic E-state index is 0.701. The topological polar surface area (TPSA) is 31.4 Å². The van der Waals surface area contributed by atoms with E-state index < -0.39 is 0 Å². The Kier molecular flexibility index (Phi) is 5.71. The Bertz CT molecular complexity index is 723. The standard InChI is InChI=1S/C22H32N4/c1-2-25-14-8-10-20(25)17-23-16-19-15-18-9-4-5-11-21(18)24-22(19)26-12-6-3-7-13-26/h4-5,9,11,15,20,23H,2-3,6-8,10,12-14,16-17H2,1H3. The van der Waals surface area contributed by atoms with Crippen molar-refractivity contribution in [2.75, 3.05) is 37.6 Å². The van der Waals surface area contributed by atoms with Gasteiger partial charge in [-0.15, -0.1) is 0 Å². The molecule has 4 nitrogen and oxygen atoms in total. The molecule has 2 aromatic rings. The number of piperidine rings is 1. The van der Waals surface area contributed by atoms with Crippen LogP contribution in [0.2, 0.25) is 0 Å². The van der Waals surface area contributed by atoms with Gasteiger partial charge in [0, 0.05) is 43.2 Å². The predicted octanol–water partition coefficient (Wildman–Crippen LogP) is 3.80. The number of likely N-dealkylation sites (N-methyl/N-ethyl adjacent to an activating group) is 1. The van der Waals surface area contributed by atoms with Crippen molar-refractivity contribution >= 4 is 16.7 Å². The lowest BCUT2D eigenvalue weighted by Crippen LogP contribution is -2.38. The van der Waals surface area contributed by atoms with Crippen LogP contribution in [-0.2, 0) is 6.54 Å². The van der Waals surface area contributed by atoms with Crippen molar-refractivity contribution in [3.8, 4) is 0 Å². The molecule has 0 spiro atoms. The first-order chi connectivity index (χ1) is 12.8. The zero-order chi connectivity index (χ0) is 17.8. The first kappa shape index (κ1) is 17.7. The normalized spacial score (nSPS) is 21.6. The molecule has 26 heavy (non-hydrogen) atoms. The largest absolute Gasteiger partial charge is 0.356 e. The smallest absolute Gasteiger partial charge is 0.133 e. The molecule has 0 amide bonds. The van der Waals surface area contributed by atoms with Crippen molar-refractivity contribution in [3.63, 3.8) is 0 Å². The summed E-state index contributed by atoms with van der Waals surface area (Å²) in [4.78, 5) is 10.2. The highest BCUT2D eigenvalue weighted by molar-refractivity contribution is 5.81. The lowest BCUT2D eigenvalue weighted by Gasteiger charge is -2.30. The fourth-order valence-corrected chi connectivity index (χ4v) is 4.58. The van der Waals surface area contributed by atoms with E-state index >= 15 is 0 Å². The predicted molar refractivity (Wildman–Crippen MR) is 110 cm³/mol. The molecule has 1 N–H and O–H groups in total. The van der Waals surface area contributed by atoms with Gasteiger partial charge >= 0.3 is 0 Å². The summed E-state index contributed by atoms with van der Waals surface area (Å²) in [6.07, 6.45) is 6.60. The summed E-state index contributed by atoms with van der Waals surface area (Å²) in [7, 11) is 0. The van der Waals surface area contributed by atoms with Gasteiger partial charge in [0.15, 0.2) is 0 Å². The maximum absolute atomic E-state index is 5.06. The van der Waals surface area contributed by atoms with Gasteiger partial charge in [-0.1, -0.05) is 25.1 Å². The zero-order valence-corrected chi connectivity index (χ0v) is 16.1. The first-order valence-corrected chi connectivity index (χ1v) is 10.4. The Morgan fingerprint density at radius 1 is 1.08 bits per heavy atom. The number of likely N-dealkylation sites (tertiary alicyclic amines) is 1. The lowest BCUT2D eigenvalue weighted by molar-refractivity contribution is 0.260. The van der Waals surface area contributed by atoms with Crippen molar-refractivity contribution in [3.05, 3.63) is 35.9 Å². The van der Waals surface area contributed by atoms with Crippen LogP contribution in [0.5, 0.6) is 0 Å². The number of rotatable bonds is 6. The van der Waals surface area contributed by atoms with Gasteiger partial charge in [0.05, 0.1) is 5.52 Å². The van der Waals surface area contributed by atoms with Crippen molar-refractivity contribution < 1.29 is 0 Å². The van der Waals surface area contributed by atoms with Crippen LogP contribution >= 0.6 is 0 Å². The van der Waals surface area contributed by atoms with Gasteiger partial charge in [0.25, 0.3) is 0 Å². The van der Waals surface area contributed by atoms with Crippen LogP contribution in [0.25, 0.3) is 10.9 Å². The Hall–Kier alpha value is -1.65. The molecule has 1 atom stereocenters. The molecule has 2 saturated heterocycles. The molecule has 1 unspecified atom stereocenters. The number of hydrogen-bond donors (Lipinski definition) is 1. The second-order valence-corrected chi connectivity index (χ2v) is 7.77. The average molecular weight is 353 g/mol. The quantitative estimate of drug-likeness (QED) is 0.857. The molecule has 0 aliphatic carbocycles. The number of fused-ring (bicyclic) bond motifs is 1.